The maximum Gasteiger partial charge on any atom is 0.290 e. The van der Waals surface area contributed by atoms with E-state index in [1.165, 1.54) is 11.8 Å². The second-order valence-electron chi connectivity index (χ2n) is 9.39. The van der Waals surface area contributed by atoms with Gasteiger partial charge in [0, 0.05) is 13.1 Å². The van der Waals surface area contributed by atoms with Crippen molar-refractivity contribution in [2.24, 2.45) is 5.92 Å². The second-order valence-corrected chi connectivity index (χ2v) is 9.39. The molecule has 3 aromatic rings. The molecule has 184 valence electrons. The molecule has 0 radical (unpaired) electrons. The average Bonchev–Trinajstić information content (AvgIpc) is 3.41. The molecule has 6 heteroatoms. The van der Waals surface area contributed by atoms with Gasteiger partial charge in [0.05, 0.1) is 12.3 Å². The summed E-state index contributed by atoms with van der Waals surface area (Å²) < 4.78 is 11.6. The van der Waals surface area contributed by atoms with Gasteiger partial charge in [-0.2, -0.15) is 0 Å². The molecule has 0 unspecified atom stereocenters. The maximum atomic E-state index is 13.3. The van der Waals surface area contributed by atoms with Gasteiger partial charge in [0.2, 0.25) is 0 Å². The lowest BCUT2D eigenvalue weighted by Crippen LogP contribution is -2.41. The SMILES string of the molecule is CC[C@@H](Oc1ccc2c(c1)[C@H](c1ccccc1)N(C(=O)c1ccco1)CC2)C(=O)NCCC(C)C. The van der Waals surface area contributed by atoms with Crippen LogP contribution in [-0.4, -0.2) is 35.9 Å². The number of nitrogens with zero attached hydrogens (tertiary/aromatic N) is 1. The third kappa shape index (κ3) is 5.76. The van der Waals surface area contributed by atoms with Gasteiger partial charge in [0.25, 0.3) is 11.8 Å². The van der Waals surface area contributed by atoms with Crippen LogP contribution < -0.4 is 10.1 Å². The number of ether oxygens (including phenoxy) is 1. The van der Waals surface area contributed by atoms with Gasteiger partial charge in [-0.05, 0) is 66.1 Å². The molecule has 0 bridgehead atoms. The number of benzene rings is 2. The molecule has 0 saturated carbocycles. The first kappa shape index (κ1) is 24.6. The van der Waals surface area contributed by atoms with Crippen LogP contribution in [-0.2, 0) is 11.2 Å². The number of amides is 2. The van der Waals surface area contributed by atoms with Crippen LogP contribution >= 0.6 is 0 Å². The van der Waals surface area contributed by atoms with Gasteiger partial charge in [-0.25, -0.2) is 0 Å². The van der Waals surface area contributed by atoms with E-state index in [9.17, 15) is 9.59 Å². The molecule has 0 fully saturated rings. The molecule has 1 aromatic heterocycles. The number of nitrogens with one attached hydrogen (secondary N) is 1. The Bertz CT molecular complexity index is 1120. The maximum absolute atomic E-state index is 13.3. The number of furan rings is 1. The fourth-order valence-electron chi connectivity index (χ4n) is 4.51. The van der Waals surface area contributed by atoms with Crippen LogP contribution in [0.3, 0.4) is 0 Å². The second kappa shape index (κ2) is 11.3. The molecule has 35 heavy (non-hydrogen) atoms. The Morgan fingerprint density at radius 1 is 1.11 bits per heavy atom. The fraction of sp³-hybridized carbons (Fsp3) is 0.379. The molecular formula is C29H34N2O4. The van der Waals surface area contributed by atoms with Crippen molar-refractivity contribution in [3.63, 3.8) is 0 Å². The van der Waals surface area contributed by atoms with E-state index < -0.39 is 6.10 Å². The summed E-state index contributed by atoms with van der Waals surface area (Å²) in [5.74, 6) is 1.24. The summed E-state index contributed by atoms with van der Waals surface area (Å²) in [6.45, 7) is 7.44. The summed E-state index contributed by atoms with van der Waals surface area (Å²) in [5.41, 5.74) is 3.20. The Morgan fingerprint density at radius 3 is 2.60 bits per heavy atom. The molecule has 0 saturated heterocycles. The minimum Gasteiger partial charge on any atom is -0.481 e. The molecule has 2 aromatic carbocycles. The van der Waals surface area contributed by atoms with E-state index in [2.05, 4.69) is 25.2 Å². The molecule has 2 heterocycles. The van der Waals surface area contributed by atoms with Crippen molar-refractivity contribution in [2.75, 3.05) is 13.1 Å². The van der Waals surface area contributed by atoms with Gasteiger partial charge in [0.15, 0.2) is 11.9 Å². The van der Waals surface area contributed by atoms with Gasteiger partial charge in [-0.1, -0.05) is 57.2 Å². The largest absolute Gasteiger partial charge is 0.481 e. The van der Waals surface area contributed by atoms with Crippen molar-refractivity contribution in [1.29, 1.82) is 0 Å². The van der Waals surface area contributed by atoms with Crippen LogP contribution in [0.1, 0.15) is 66.9 Å². The summed E-state index contributed by atoms with van der Waals surface area (Å²) in [4.78, 5) is 27.9. The monoisotopic (exact) mass is 474 g/mol. The quantitative estimate of drug-likeness (QED) is 0.452. The van der Waals surface area contributed by atoms with E-state index in [0.717, 1.165) is 24.0 Å². The summed E-state index contributed by atoms with van der Waals surface area (Å²) in [7, 11) is 0. The van der Waals surface area contributed by atoms with E-state index in [-0.39, 0.29) is 17.9 Å². The highest BCUT2D eigenvalue weighted by atomic mass is 16.5. The first-order valence-corrected chi connectivity index (χ1v) is 12.4. The topological polar surface area (TPSA) is 71.8 Å². The first-order chi connectivity index (χ1) is 17.0. The van der Waals surface area contributed by atoms with E-state index in [4.69, 9.17) is 9.15 Å². The van der Waals surface area contributed by atoms with Crippen molar-refractivity contribution < 1.29 is 18.7 Å². The number of hydrogen-bond acceptors (Lipinski definition) is 4. The third-order valence-electron chi connectivity index (χ3n) is 6.42. The molecule has 1 N–H and O–H groups in total. The Morgan fingerprint density at radius 2 is 1.91 bits per heavy atom. The molecule has 0 aliphatic carbocycles. The summed E-state index contributed by atoms with van der Waals surface area (Å²) in [6.07, 6.45) is 3.18. The highest BCUT2D eigenvalue weighted by Crippen LogP contribution is 2.38. The number of rotatable bonds is 9. The average molecular weight is 475 g/mol. The first-order valence-electron chi connectivity index (χ1n) is 12.4. The zero-order chi connectivity index (χ0) is 24.8. The lowest BCUT2D eigenvalue weighted by atomic mass is 9.87. The predicted molar refractivity (Wildman–Crippen MR) is 135 cm³/mol. The van der Waals surface area contributed by atoms with Crippen LogP contribution in [0, 0.1) is 5.92 Å². The van der Waals surface area contributed by atoms with Gasteiger partial charge >= 0.3 is 0 Å². The minimum atomic E-state index is -0.570. The van der Waals surface area contributed by atoms with Crippen molar-refractivity contribution in [3.05, 3.63) is 89.4 Å². The summed E-state index contributed by atoms with van der Waals surface area (Å²) in [5, 5.41) is 2.99. The molecule has 1 aliphatic heterocycles. The van der Waals surface area contributed by atoms with Gasteiger partial charge in [-0.15, -0.1) is 0 Å². The highest BCUT2D eigenvalue weighted by molar-refractivity contribution is 5.92. The predicted octanol–water partition coefficient (Wildman–Crippen LogP) is 5.39. The fourth-order valence-corrected chi connectivity index (χ4v) is 4.51. The minimum absolute atomic E-state index is 0.0971. The molecule has 4 rings (SSSR count). The van der Waals surface area contributed by atoms with Crippen molar-refractivity contribution in [2.45, 2.75) is 52.2 Å². The van der Waals surface area contributed by atoms with Gasteiger partial charge < -0.3 is 19.4 Å². The standard InChI is InChI=1S/C29H34N2O4/c1-4-25(28(32)30-16-14-20(2)3)35-23-13-12-21-15-17-31(29(33)26-11-8-18-34-26)27(24(21)19-23)22-9-6-5-7-10-22/h5-13,18-20,25,27H,4,14-17H2,1-3H3,(H,30,32)/t25-,27+/m1/s1. The van der Waals surface area contributed by atoms with Crippen LogP contribution in [0.5, 0.6) is 5.75 Å². The molecule has 6 nitrogen and oxygen atoms in total. The molecule has 1 aliphatic rings. The number of carbonyl (C=O) groups is 2. The molecule has 2 amide bonds. The van der Waals surface area contributed by atoms with E-state index in [1.807, 2.05) is 54.3 Å². The smallest absolute Gasteiger partial charge is 0.290 e. The van der Waals surface area contributed by atoms with Crippen molar-refractivity contribution in [1.82, 2.24) is 10.2 Å². The normalized spacial score (nSPS) is 16.0. The van der Waals surface area contributed by atoms with Crippen LogP contribution in [0.4, 0.5) is 0 Å². The van der Waals surface area contributed by atoms with Crippen molar-refractivity contribution in [3.8, 4) is 5.75 Å². The molecular weight excluding hydrogens is 440 g/mol. The van der Waals surface area contributed by atoms with Gasteiger partial charge in [0.1, 0.15) is 5.75 Å². The van der Waals surface area contributed by atoms with Crippen molar-refractivity contribution >= 4 is 11.8 Å². The molecule has 0 spiro atoms. The lowest BCUT2D eigenvalue weighted by Gasteiger charge is -2.37. The van der Waals surface area contributed by atoms with Crippen LogP contribution in [0.25, 0.3) is 0 Å². The lowest BCUT2D eigenvalue weighted by molar-refractivity contribution is -0.128. The van der Waals surface area contributed by atoms with Gasteiger partial charge in [-0.3, -0.25) is 9.59 Å². The van der Waals surface area contributed by atoms with Crippen LogP contribution in [0.2, 0.25) is 0 Å². The summed E-state index contributed by atoms with van der Waals surface area (Å²) >= 11 is 0. The number of fused-ring (bicyclic) bond motifs is 1. The third-order valence-corrected chi connectivity index (χ3v) is 6.42. The van der Waals surface area contributed by atoms with E-state index >= 15 is 0 Å². The number of carbonyl (C=O) groups excluding carboxylic acids is 2. The molecule has 2 atom stereocenters. The Labute approximate surface area is 207 Å². The highest BCUT2D eigenvalue weighted by Gasteiger charge is 2.34. The Balaban J connectivity index is 1.62. The Hall–Kier alpha value is -3.54. The van der Waals surface area contributed by atoms with E-state index in [1.54, 1.807) is 12.1 Å². The zero-order valence-electron chi connectivity index (χ0n) is 20.7. The Kier molecular flexibility index (Phi) is 7.91. The summed E-state index contributed by atoms with van der Waals surface area (Å²) in [6, 6.07) is 19.1. The van der Waals surface area contributed by atoms with Crippen LogP contribution in [0.15, 0.2) is 71.3 Å². The van der Waals surface area contributed by atoms with E-state index in [0.29, 0.717) is 36.9 Å². The zero-order valence-corrected chi connectivity index (χ0v) is 20.7. The number of hydrogen-bond donors (Lipinski definition) is 1.